The van der Waals surface area contributed by atoms with Crippen molar-refractivity contribution in [3.63, 3.8) is 0 Å². The Morgan fingerprint density at radius 1 is 1.30 bits per heavy atom. The zero-order chi connectivity index (χ0) is 18.6. The van der Waals surface area contributed by atoms with Crippen LogP contribution in [0.5, 0.6) is 5.75 Å². The number of carbonyl (C=O) groups excluding carboxylic acids is 1. The second-order valence-corrected chi connectivity index (χ2v) is 7.90. The number of thioether (sulfide) groups is 1. The Bertz CT molecular complexity index is 936. The summed E-state index contributed by atoms with van der Waals surface area (Å²) in [5, 5.41) is 8.21. The molecule has 3 heterocycles. The Morgan fingerprint density at radius 3 is 2.93 bits per heavy atom. The maximum Gasteiger partial charge on any atom is 0.253 e. The van der Waals surface area contributed by atoms with Crippen LogP contribution in [0.3, 0.4) is 0 Å². The fourth-order valence-corrected chi connectivity index (χ4v) is 4.58. The molecular formula is C20H18N2O3S2. The van der Waals surface area contributed by atoms with Crippen LogP contribution < -0.4 is 4.74 Å². The van der Waals surface area contributed by atoms with Crippen LogP contribution in [0.25, 0.3) is 0 Å². The lowest BCUT2D eigenvalue weighted by Crippen LogP contribution is -2.28. The normalized spacial score (nSPS) is 16.4. The SMILES string of the molecule is COc1ccccc1SCC(=O)N1N=C(c2cccs2)CC1c1ccco1. The first-order valence-corrected chi connectivity index (χ1v) is 10.4. The second-order valence-electron chi connectivity index (χ2n) is 5.94. The van der Waals surface area contributed by atoms with Gasteiger partial charge in [0.1, 0.15) is 17.6 Å². The van der Waals surface area contributed by atoms with Gasteiger partial charge in [-0.2, -0.15) is 5.10 Å². The maximum atomic E-state index is 13.0. The van der Waals surface area contributed by atoms with E-state index in [2.05, 4.69) is 5.10 Å². The molecule has 3 aromatic rings. The number of hydrazone groups is 1. The smallest absolute Gasteiger partial charge is 0.253 e. The molecule has 1 atom stereocenters. The topological polar surface area (TPSA) is 55.0 Å². The van der Waals surface area contributed by atoms with E-state index < -0.39 is 0 Å². The van der Waals surface area contributed by atoms with Gasteiger partial charge in [0.05, 0.1) is 29.7 Å². The number of rotatable bonds is 6. The summed E-state index contributed by atoms with van der Waals surface area (Å²) in [6, 6.07) is 15.2. The van der Waals surface area contributed by atoms with Crippen molar-refractivity contribution in [3.8, 4) is 5.75 Å². The van der Waals surface area contributed by atoms with Crippen LogP contribution in [0, 0.1) is 0 Å². The first-order chi connectivity index (χ1) is 13.3. The Kier molecular flexibility index (Phi) is 5.31. The van der Waals surface area contributed by atoms with Gasteiger partial charge >= 0.3 is 0 Å². The second kappa shape index (κ2) is 8.02. The third-order valence-corrected chi connectivity index (χ3v) is 6.22. The quantitative estimate of drug-likeness (QED) is 0.559. The molecule has 0 aliphatic carbocycles. The van der Waals surface area contributed by atoms with Crippen LogP contribution in [-0.2, 0) is 4.79 Å². The third-order valence-electron chi connectivity index (χ3n) is 4.26. The molecule has 0 bridgehead atoms. The van der Waals surface area contributed by atoms with Gasteiger partial charge < -0.3 is 9.15 Å². The summed E-state index contributed by atoms with van der Waals surface area (Å²) in [6.45, 7) is 0. The van der Waals surface area contributed by atoms with E-state index in [1.165, 1.54) is 11.8 Å². The first-order valence-electron chi connectivity index (χ1n) is 8.49. The molecule has 1 amide bonds. The van der Waals surface area contributed by atoms with E-state index in [1.807, 2.05) is 53.9 Å². The minimum atomic E-state index is -0.206. The summed E-state index contributed by atoms with van der Waals surface area (Å²) in [6.07, 6.45) is 2.28. The fourth-order valence-electron chi connectivity index (χ4n) is 2.98. The molecule has 2 aromatic heterocycles. The van der Waals surface area contributed by atoms with Gasteiger partial charge in [0.25, 0.3) is 5.91 Å². The van der Waals surface area contributed by atoms with E-state index in [0.717, 1.165) is 27.0 Å². The number of methoxy groups -OCH3 is 1. The lowest BCUT2D eigenvalue weighted by atomic mass is 10.1. The zero-order valence-corrected chi connectivity index (χ0v) is 16.3. The fraction of sp³-hybridized carbons (Fsp3) is 0.200. The number of thiophene rings is 1. The van der Waals surface area contributed by atoms with Crippen molar-refractivity contribution in [2.45, 2.75) is 17.4 Å². The van der Waals surface area contributed by atoms with Gasteiger partial charge in [-0.3, -0.25) is 4.79 Å². The van der Waals surface area contributed by atoms with Crippen LogP contribution in [0.1, 0.15) is 23.1 Å². The summed E-state index contributed by atoms with van der Waals surface area (Å²) in [5.74, 6) is 1.74. The van der Waals surface area contributed by atoms with Gasteiger partial charge in [0.2, 0.25) is 0 Å². The monoisotopic (exact) mass is 398 g/mol. The van der Waals surface area contributed by atoms with Crippen molar-refractivity contribution in [1.29, 1.82) is 0 Å². The predicted molar refractivity (Wildman–Crippen MR) is 107 cm³/mol. The molecule has 0 N–H and O–H groups in total. The van der Waals surface area contributed by atoms with Crippen molar-refractivity contribution in [2.75, 3.05) is 12.9 Å². The van der Waals surface area contributed by atoms with E-state index in [4.69, 9.17) is 9.15 Å². The number of amides is 1. The summed E-state index contributed by atoms with van der Waals surface area (Å²) in [7, 11) is 1.63. The number of ether oxygens (including phenoxy) is 1. The highest BCUT2D eigenvalue weighted by molar-refractivity contribution is 8.00. The molecule has 27 heavy (non-hydrogen) atoms. The van der Waals surface area contributed by atoms with Gasteiger partial charge in [-0.1, -0.05) is 18.2 Å². The molecule has 1 aliphatic rings. The van der Waals surface area contributed by atoms with Crippen molar-refractivity contribution in [1.82, 2.24) is 5.01 Å². The van der Waals surface area contributed by atoms with Gasteiger partial charge in [-0.15, -0.1) is 23.1 Å². The summed E-state index contributed by atoms with van der Waals surface area (Å²) < 4.78 is 10.9. The molecule has 0 saturated carbocycles. The number of hydrogen-bond acceptors (Lipinski definition) is 6. The number of para-hydroxylation sites is 1. The van der Waals surface area contributed by atoms with Crippen molar-refractivity contribution < 1.29 is 13.9 Å². The van der Waals surface area contributed by atoms with Crippen LogP contribution in [0.2, 0.25) is 0 Å². The third kappa shape index (κ3) is 3.79. The van der Waals surface area contributed by atoms with E-state index in [0.29, 0.717) is 6.42 Å². The number of carbonyl (C=O) groups is 1. The highest BCUT2D eigenvalue weighted by Crippen LogP contribution is 2.35. The summed E-state index contributed by atoms with van der Waals surface area (Å²) in [5.41, 5.74) is 0.919. The minimum absolute atomic E-state index is 0.0566. The maximum absolute atomic E-state index is 13.0. The Hall–Kier alpha value is -2.51. The molecule has 0 spiro atoms. The van der Waals surface area contributed by atoms with Gasteiger partial charge in [-0.05, 0) is 35.7 Å². The number of nitrogens with zero attached hydrogens (tertiary/aromatic N) is 2. The predicted octanol–water partition coefficient (Wildman–Crippen LogP) is 4.82. The molecule has 7 heteroatoms. The van der Waals surface area contributed by atoms with Crippen molar-refractivity contribution in [2.24, 2.45) is 5.10 Å². The molecule has 1 aliphatic heterocycles. The van der Waals surface area contributed by atoms with E-state index in [-0.39, 0.29) is 17.7 Å². The molecule has 0 fully saturated rings. The van der Waals surface area contributed by atoms with Crippen LogP contribution in [-0.4, -0.2) is 29.5 Å². The van der Waals surface area contributed by atoms with E-state index >= 15 is 0 Å². The van der Waals surface area contributed by atoms with Gasteiger partial charge in [0, 0.05) is 11.3 Å². The molecule has 0 saturated heterocycles. The van der Waals surface area contributed by atoms with E-state index in [9.17, 15) is 4.79 Å². The zero-order valence-electron chi connectivity index (χ0n) is 14.7. The molecule has 0 radical (unpaired) electrons. The first kappa shape index (κ1) is 17.9. The average Bonchev–Trinajstić information content (AvgIpc) is 3.46. The van der Waals surface area contributed by atoms with Gasteiger partial charge in [-0.25, -0.2) is 5.01 Å². The standard InChI is InChI=1S/C20H18N2O3S2/c1-24-17-6-2-3-8-19(17)27-13-20(23)22-15(16-7-4-10-25-16)12-14(21-22)18-9-5-11-26-18/h2-11,15H,12-13H2,1H3. The highest BCUT2D eigenvalue weighted by atomic mass is 32.2. The molecule has 1 unspecified atom stereocenters. The number of hydrogen-bond donors (Lipinski definition) is 0. The van der Waals surface area contributed by atoms with E-state index in [1.54, 1.807) is 29.7 Å². The highest BCUT2D eigenvalue weighted by Gasteiger charge is 2.35. The van der Waals surface area contributed by atoms with Crippen molar-refractivity contribution in [3.05, 3.63) is 70.8 Å². The average molecular weight is 399 g/mol. The Balaban J connectivity index is 1.54. The molecule has 4 rings (SSSR count). The molecule has 5 nitrogen and oxygen atoms in total. The van der Waals surface area contributed by atoms with Crippen molar-refractivity contribution >= 4 is 34.7 Å². The lowest BCUT2D eigenvalue weighted by molar-refractivity contribution is -0.130. The minimum Gasteiger partial charge on any atom is -0.496 e. The van der Waals surface area contributed by atoms with Gasteiger partial charge in [0.15, 0.2) is 0 Å². The lowest BCUT2D eigenvalue weighted by Gasteiger charge is -2.19. The van der Waals surface area contributed by atoms with Crippen LogP contribution >= 0.6 is 23.1 Å². The number of benzene rings is 1. The molecule has 1 aromatic carbocycles. The van der Waals surface area contributed by atoms with Crippen LogP contribution in [0.4, 0.5) is 0 Å². The summed E-state index contributed by atoms with van der Waals surface area (Å²) in [4.78, 5) is 15.0. The Labute approximate surface area is 165 Å². The largest absolute Gasteiger partial charge is 0.496 e. The van der Waals surface area contributed by atoms with Crippen LogP contribution in [0.15, 0.2) is 74.6 Å². The Morgan fingerprint density at radius 2 is 2.19 bits per heavy atom. The molecular weight excluding hydrogens is 380 g/mol. The number of furan rings is 1. The molecule has 138 valence electrons. The summed E-state index contributed by atoms with van der Waals surface area (Å²) >= 11 is 3.08.